The fourth-order valence-corrected chi connectivity index (χ4v) is 2.18. The molecule has 1 heterocycles. The van der Waals surface area contributed by atoms with Gasteiger partial charge in [0, 0.05) is 12.5 Å². The molecule has 1 rings (SSSR count). The predicted octanol–water partition coefficient (Wildman–Crippen LogP) is 2.23. The Balaban J connectivity index is 2.53. The molecule has 76 valence electrons. The van der Waals surface area contributed by atoms with Crippen LogP contribution in [0.3, 0.4) is 0 Å². The summed E-state index contributed by atoms with van der Waals surface area (Å²) in [6.45, 7) is 7.34. The number of piperidine rings is 1. The lowest BCUT2D eigenvalue weighted by atomic mass is 9.99. The summed E-state index contributed by atoms with van der Waals surface area (Å²) in [6, 6.07) is 0.736. The number of Topliss-reactive ketones (excluding diaryl/α,β-unsaturated/α-hetero) is 1. The number of nitrogens with zero attached hydrogens (tertiary/aromatic N) is 1. The van der Waals surface area contributed by atoms with Gasteiger partial charge in [-0.15, -0.1) is 0 Å². The molecular weight excluding hydrogens is 162 g/mol. The summed E-state index contributed by atoms with van der Waals surface area (Å²) in [5.74, 6) is 0.383. The summed E-state index contributed by atoms with van der Waals surface area (Å²) in [7, 11) is 0. The van der Waals surface area contributed by atoms with Crippen LogP contribution >= 0.6 is 0 Å². The molecule has 0 aromatic carbocycles. The molecular formula is C11H21NO. The van der Waals surface area contributed by atoms with Gasteiger partial charge < -0.3 is 0 Å². The number of carbonyl (C=O) groups is 1. The van der Waals surface area contributed by atoms with Crippen molar-refractivity contribution in [2.75, 3.05) is 6.54 Å². The van der Waals surface area contributed by atoms with Crippen LogP contribution in [0.25, 0.3) is 0 Å². The molecule has 1 fully saturated rings. The standard InChI is InChI=1S/C11H21NO/c1-4-11(13)10(3)12-8-6-5-7-9(12)2/h9-10H,4-8H2,1-3H3. The summed E-state index contributed by atoms with van der Waals surface area (Å²) in [5.41, 5.74) is 0. The fourth-order valence-electron chi connectivity index (χ4n) is 2.18. The SMILES string of the molecule is CCC(=O)C(C)N1CCCCC1C. The number of rotatable bonds is 3. The number of likely N-dealkylation sites (tertiary alicyclic amines) is 1. The second-order valence-corrected chi connectivity index (χ2v) is 4.08. The molecule has 1 saturated heterocycles. The van der Waals surface area contributed by atoms with Gasteiger partial charge in [-0.05, 0) is 33.2 Å². The van der Waals surface area contributed by atoms with Crippen LogP contribution in [0, 0.1) is 0 Å². The van der Waals surface area contributed by atoms with E-state index in [2.05, 4.69) is 11.8 Å². The van der Waals surface area contributed by atoms with Gasteiger partial charge >= 0.3 is 0 Å². The lowest BCUT2D eigenvalue weighted by Crippen LogP contribution is -2.46. The van der Waals surface area contributed by atoms with Crippen molar-refractivity contribution in [2.45, 2.75) is 58.5 Å². The van der Waals surface area contributed by atoms with Gasteiger partial charge in [0.15, 0.2) is 0 Å². The van der Waals surface area contributed by atoms with Crippen molar-refractivity contribution < 1.29 is 4.79 Å². The zero-order valence-electron chi connectivity index (χ0n) is 9.05. The van der Waals surface area contributed by atoms with Crippen LogP contribution in [0.2, 0.25) is 0 Å². The number of ketones is 1. The molecule has 0 bridgehead atoms. The minimum Gasteiger partial charge on any atom is -0.298 e. The van der Waals surface area contributed by atoms with Gasteiger partial charge in [-0.2, -0.15) is 0 Å². The maximum Gasteiger partial charge on any atom is 0.149 e. The highest BCUT2D eigenvalue weighted by Gasteiger charge is 2.26. The van der Waals surface area contributed by atoms with Gasteiger partial charge in [0.25, 0.3) is 0 Å². The van der Waals surface area contributed by atoms with E-state index in [0.29, 0.717) is 18.2 Å². The molecule has 0 aromatic heterocycles. The summed E-state index contributed by atoms with van der Waals surface area (Å²) >= 11 is 0. The molecule has 0 amide bonds. The highest BCUT2D eigenvalue weighted by atomic mass is 16.1. The van der Waals surface area contributed by atoms with Crippen LogP contribution in [-0.4, -0.2) is 29.3 Å². The minimum absolute atomic E-state index is 0.139. The third-order valence-corrected chi connectivity index (χ3v) is 3.17. The van der Waals surface area contributed by atoms with E-state index in [9.17, 15) is 4.79 Å². The van der Waals surface area contributed by atoms with Crippen LogP contribution in [-0.2, 0) is 4.79 Å². The molecule has 2 unspecified atom stereocenters. The highest BCUT2D eigenvalue weighted by Crippen LogP contribution is 2.19. The van der Waals surface area contributed by atoms with Crippen molar-refractivity contribution in [1.82, 2.24) is 4.90 Å². The van der Waals surface area contributed by atoms with E-state index in [0.717, 1.165) is 6.54 Å². The van der Waals surface area contributed by atoms with Crippen LogP contribution in [0.5, 0.6) is 0 Å². The Morgan fingerprint density at radius 1 is 1.54 bits per heavy atom. The largest absolute Gasteiger partial charge is 0.298 e. The van der Waals surface area contributed by atoms with Gasteiger partial charge in [0.1, 0.15) is 5.78 Å². The van der Waals surface area contributed by atoms with Gasteiger partial charge in [0.05, 0.1) is 6.04 Å². The molecule has 0 aliphatic carbocycles. The second-order valence-electron chi connectivity index (χ2n) is 4.08. The Morgan fingerprint density at radius 2 is 2.23 bits per heavy atom. The van der Waals surface area contributed by atoms with Crippen LogP contribution in [0.1, 0.15) is 46.5 Å². The molecule has 13 heavy (non-hydrogen) atoms. The van der Waals surface area contributed by atoms with Crippen molar-refractivity contribution in [2.24, 2.45) is 0 Å². The zero-order valence-corrected chi connectivity index (χ0v) is 9.05. The van der Waals surface area contributed by atoms with Crippen LogP contribution < -0.4 is 0 Å². The van der Waals surface area contributed by atoms with Crippen LogP contribution in [0.15, 0.2) is 0 Å². The first-order valence-corrected chi connectivity index (χ1v) is 5.45. The number of hydrogen-bond donors (Lipinski definition) is 0. The predicted molar refractivity (Wildman–Crippen MR) is 54.8 cm³/mol. The fraction of sp³-hybridized carbons (Fsp3) is 0.909. The maximum atomic E-state index is 11.5. The monoisotopic (exact) mass is 183 g/mol. The average molecular weight is 183 g/mol. The first-order valence-electron chi connectivity index (χ1n) is 5.45. The Morgan fingerprint density at radius 3 is 2.77 bits per heavy atom. The van der Waals surface area contributed by atoms with Crippen molar-refractivity contribution in [3.8, 4) is 0 Å². The second kappa shape index (κ2) is 4.75. The van der Waals surface area contributed by atoms with Crippen molar-refractivity contribution in [1.29, 1.82) is 0 Å². The first kappa shape index (κ1) is 10.7. The molecule has 2 heteroatoms. The Hall–Kier alpha value is -0.370. The van der Waals surface area contributed by atoms with Gasteiger partial charge in [-0.3, -0.25) is 9.69 Å². The summed E-state index contributed by atoms with van der Waals surface area (Å²) < 4.78 is 0. The van der Waals surface area contributed by atoms with E-state index in [1.165, 1.54) is 19.3 Å². The van der Waals surface area contributed by atoms with E-state index in [1.54, 1.807) is 0 Å². The van der Waals surface area contributed by atoms with Gasteiger partial charge in [0.2, 0.25) is 0 Å². The Bertz CT molecular complexity index is 179. The van der Waals surface area contributed by atoms with E-state index in [1.807, 2.05) is 13.8 Å². The zero-order chi connectivity index (χ0) is 9.84. The molecule has 0 radical (unpaired) electrons. The molecule has 2 atom stereocenters. The maximum absolute atomic E-state index is 11.5. The van der Waals surface area contributed by atoms with E-state index < -0.39 is 0 Å². The normalized spacial score (nSPS) is 27.2. The van der Waals surface area contributed by atoms with Gasteiger partial charge in [-0.1, -0.05) is 13.3 Å². The molecule has 2 nitrogen and oxygen atoms in total. The first-order chi connectivity index (χ1) is 6.16. The molecule has 0 saturated carbocycles. The van der Waals surface area contributed by atoms with Gasteiger partial charge in [-0.25, -0.2) is 0 Å². The number of hydrogen-bond acceptors (Lipinski definition) is 2. The molecule has 0 aromatic rings. The number of carbonyl (C=O) groups excluding carboxylic acids is 1. The van der Waals surface area contributed by atoms with Crippen molar-refractivity contribution in [3.05, 3.63) is 0 Å². The van der Waals surface area contributed by atoms with Crippen molar-refractivity contribution >= 4 is 5.78 Å². The van der Waals surface area contributed by atoms with Crippen molar-refractivity contribution in [3.63, 3.8) is 0 Å². The third kappa shape index (κ3) is 2.53. The molecule has 0 N–H and O–H groups in total. The lowest BCUT2D eigenvalue weighted by molar-refractivity contribution is -0.124. The Labute approximate surface area is 81.3 Å². The van der Waals surface area contributed by atoms with E-state index in [-0.39, 0.29) is 6.04 Å². The molecule has 1 aliphatic rings. The minimum atomic E-state index is 0.139. The smallest absolute Gasteiger partial charge is 0.149 e. The lowest BCUT2D eigenvalue weighted by Gasteiger charge is -2.37. The topological polar surface area (TPSA) is 20.3 Å². The Kier molecular flexibility index (Phi) is 3.91. The highest BCUT2D eigenvalue weighted by molar-refractivity contribution is 5.83. The quantitative estimate of drug-likeness (QED) is 0.668. The molecule has 0 spiro atoms. The molecule has 1 aliphatic heterocycles. The average Bonchev–Trinajstić information content (AvgIpc) is 2.16. The summed E-state index contributed by atoms with van der Waals surface area (Å²) in [6.07, 6.45) is 4.50. The van der Waals surface area contributed by atoms with E-state index >= 15 is 0 Å². The summed E-state index contributed by atoms with van der Waals surface area (Å²) in [5, 5.41) is 0. The summed E-state index contributed by atoms with van der Waals surface area (Å²) in [4.78, 5) is 13.9. The third-order valence-electron chi connectivity index (χ3n) is 3.17. The van der Waals surface area contributed by atoms with Crippen LogP contribution in [0.4, 0.5) is 0 Å². The van der Waals surface area contributed by atoms with E-state index in [4.69, 9.17) is 0 Å².